The van der Waals surface area contributed by atoms with Gasteiger partial charge >= 0.3 is 0 Å². The number of fused-ring (bicyclic) bond motifs is 1. The monoisotopic (exact) mass is 347 g/mol. The zero-order valence-electron chi connectivity index (χ0n) is 12.6. The molecule has 4 nitrogen and oxygen atoms in total. The third kappa shape index (κ3) is 2.14. The number of rotatable bonds is 1. The average Bonchev–Trinajstić information content (AvgIpc) is 2.74. The number of nitrogens with zero attached hydrogens (tertiary/aromatic N) is 3. The minimum absolute atomic E-state index is 0.0697. The molecular formula is C16H18BrN3O. The predicted molar refractivity (Wildman–Crippen MR) is 85.2 cm³/mol. The lowest BCUT2D eigenvalue weighted by Crippen LogP contribution is -2.30. The standard InChI is InChI=1S/C16H18BrN3O/c1-9-6-5-7-18-15(9)20-13-12(10(2)19-20)11(21)8-16(3,4)14(13)17/h5-7,14H,8H2,1-4H3. The number of hydrogen-bond donors (Lipinski definition) is 0. The Morgan fingerprint density at radius 2 is 2.10 bits per heavy atom. The molecule has 5 heteroatoms. The number of halogens is 1. The first kappa shape index (κ1) is 14.4. The molecule has 1 aliphatic rings. The van der Waals surface area contributed by atoms with E-state index in [-0.39, 0.29) is 16.0 Å². The molecular weight excluding hydrogens is 330 g/mol. The molecule has 1 unspecified atom stereocenters. The molecule has 1 atom stereocenters. The highest BCUT2D eigenvalue weighted by atomic mass is 79.9. The zero-order valence-corrected chi connectivity index (χ0v) is 14.2. The molecule has 2 heterocycles. The Hall–Kier alpha value is -1.49. The van der Waals surface area contributed by atoms with E-state index in [2.05, 4.69) is 39.9 Å². The molecule has 0 saturated heterocycles. The van der Waals surface area contributed by atoms with Gasteiger partial charge in [0.1, 0.15) is 0 Å². The van der Waals surface area contributed by atoms with Gasteiger partial charge in [-0.1, -0.05) is 35.8 Å². The van der Waals surface area contributed by atoms with Crippen molar-refractivity contribution in [3.63, 3.8) is 0 Å². The van der Waals surface area contributed by atoms with Gasteiger partial charge in [-0.15, -0.1) is 0 Å². The second kappa shape index (κ2) is 4.77. The first-order chi connectivity index (χ1) is 9.83. The van der Waals surface area contributed by atoms with E-state index in [4.69, 9.17) is 0 Å². The van der Waals surface area contributed by atoms with Crippen molar-refractivity contribution in [1.29, 1.82) is 0 Å². The van der Waals surface area contributed by atoms with Gasteiger partial charge in [-0.05, 0) is 30.9 Å². The fraction of sp³-hybridized carbons (Fsp3) is 0.438. The summed E-state index contributed by atoms with van der Waals surface area (Å²) < 4.78 is 1.83. The van der Waals surface area contributed by atoms with Crippen molar-refractivity contribution in [3.8, 4) is 5.82 Å². The third-order valence-electron chi connectivity index (χ3n) is 4.10. The number of carbonyl (C=O) groups is 1. The van der Waals surface area contributed by atoms with Gasteiger partial charge < -0.3 is 0 Å². The second-order valence-corrected chi connectivity index (χ2v) is 7.27. The van der Waals surface area contributed by atoms with Crippen LogP contribution in [0.5, 0.6) is 0 Å². The Morgan fingerprint density at radius 1 is 1.38 bits per heavy atom. The van der Waals surface area contributed by atoms with E-state index in [1.807, 2.05) is 30.7 Å². The van der Waals surface area contributed by atoms with Crippen molar-refractivity contribution >= 4 is 21.7 Å². The van der Waals surface area contributed by atoms with Gasteiger partial charge in [0.15, 0.2) is 11.6 Å². The maximum atomic E-state index is 12.5. The summed E-state index contributed by atoms with van der Waals surface area (Å²) in [5.41, 5.74) is 3.35. The summed E-state index contributed by atoms with van der Waals surface area (Å²) in [7, 11) is 0. The van der Waals surface area contributed by atoms with Crippen molar-refractivity contribution in [2.45, 2.75) is 38.9 Å². The molecule has 2 aromatic rings. The smallest absolute Gasteiger partial charge is 0.167 e. The molecule has 2 aromatic heterocycles. The van der Waals surface area contributed by atoms with E-state index in [0.717, 1.165) is 28.3 Å². The van der Waals surface area contributed by atoms with Gasteiger partial charge in [0.05, 0.1) is 21.8 Å². The molecule has 0 radical (unpaired) electrons. The maximum absolute atomic E-state index is 12.5. The summed E-state index contributed by atoms with van der Waals surface area (Å²) in [6.45, 7) is 8.10. The van der Waals surface area contributed by atoms with Crippen LogP contribution in [0, 0.1) is 19.3 Å². The van der Waals surface area contributed by atoms with Crippen molar-refractivity contribution < 1.29 is 4.79 Å². The highest BCUT2D eigenvalue weighted by molar-refractivity contribution is 9.09. The Labute approximate surface area is 132 Å². The molecule has 0 saturated carbocycles. The van der Waals surface area contributed by atoms with Crippen molar-refractivity contribution in [2.24, 2.45) is 5.41 Å². The van der Waals surface area contributed by atoms with Crippen LogP contribution in [0.15, 0.2) is 18.3 Å². The maximum Gasteiger partial charge on any atom is 0.167 e. The molecule has 0 aromatic carbocycles. The van der Waals surface area contributed by atoms with Gasteiger partial charge in [0.2, 0.25) is 0 Å². The fourth-order valence-corrected chi connectivity index (χ4v) is 3.53. The van der Waals surface area contributed by atoms with Crippen LogP contribution in [0.4, 0.5) is 0 Å². The van der Waals surface area contributed by atoms with Crippen LogP contribution in [-0.2, 0) is 0 Å². The average molecular weight is 348 g/mol. The van der Waals surface area contributed by atoms with Gasteiger partial charge in [-0.3, -0.25) is 4.79 Å². The summed E-state index contributed by atoms with van der Waals surface area (Å²) in [4.78, 5) is 17.0. The fourth-order valence-electron chi connectivity index (χ4n) is 2.95. The molecule has 0 aliphatic heterocycles. The summed E-state index contributed by atoms with van der Waals surface area (Å²) >= 11 is 3.78. The summed E-state index contributed by atoms with van der Waals surface area (Å²) in [5.74, 6) is 0.958. The Morgan fingerprint density at radius 3 is 2.76 bits per heavy atom. The number of pyridine rings is 1. The Balaban J connectivity index is 2.30. The van der Waals surface area contributed by atoms with E-state index >= 15 is 0 Å². The lowest BCUT2D eigenvalue weighted by molar-refractivity contribution is 0.0909. The molecule has 0 amide bonds. The zero-order chi connectivity index (χ0) is 15.4. The largest absolute Gasteiger partial charge is 0.294 e. The Kier molecular flexibility index (Phi) is 3.28. The molecule has 3 rings (SSSR count). The first-order valence-corrected chi connectivity index (χ1v) is 7.93. The number of Topliss-reactive ketones (excluding diaryl/α,β-unsaturated/α-hetero) is 1. The van der Waals surface area contributed by atoms with Crippen molar-refractivity contribution in [1.82, 2.24) is 14.8 Å². The van der Waals surface area contributed by atoms with Crippen molar-refractivity contribution in [3.05, 3.63) is 40.8 Å². The topological polar surface area (TPSA) is 47.8 Å². The molecule has 0 fully saturated rings. The lowest BCUT2D eigenvalue weighted by atomic mass is 9.75. The third-order valence-corrected chi connectivity index (χ3v) is 5.77. The number of aryl methyl sites for hydroxylation is 2. The number of aromatic nitrogens is 3. The SMILES string of the molecule is Cc1cccnc1-n1nc(C)c2c1C(Br)C(C)(C)CC2=O. The van der Waals surface area contributed by atoms with Crippen LogP contribution in [0.25, 0.3) is 5.82 Å². The summed E-state index contributed by atoms with van der Waals surface area (Å²) in [6, 6.07) is 3.91. The van der Waals surface area contributed by atoms with Crippen LogP contribution in [0.2, 0.25) is 0 Å². The van der Waals surface area contributed by atoms with Gasteiger partial charge in [-0.25, -0.2) is 9.67 Å². The highest BCUT2D eigenvalue weighted by Gasteiger charge is 2.43. The van der Waals surface area contributed by atoms with E-state index in [0.29, 0.717) is 6.42 Å². The van der Waals surface area contributed by atoms with Crippen LogP contribution < -0.4 is 0 Å². The highest BCUT2D eigenvalue weighted by Crippen LogP contribution is 2.49. The predicted octanol–water partition coefficient (Wildman–Crippen LogP) is 3.93. The molecule has 0 spiro atoms. The van der Waals surface area contributed by atoms with E-state index < -0.39 is 0 Å². The quantitative estimate of drug-likeness (QED) is 0.734. The number of ketones is 1. The molecule has 110 valence electrons. The number of alkyl halides is 1. The molecule has 21 heavy (non-hydrogen) atoms. The Bertz CT molecular complexity index is 733. The van der Waals surface area contributed by atoms with E-state index in [1.54, 1.807) is 6.20 Å². The van der Waals surface area contributed by atoms with Gasteiger partial charge in [0, 0.05) is 12.6 Å². The normalized spacial score (nSPS) is 20.4. The minimum Gasteiger partial charge on any atom is -0.294 e. The molecule has 1 aliphatic carbocycles. The molecule has 0 N–H and O–H groups in total. The van der Waals surface area contributed by atoms with E-state index in [1.165, 1.54) is 0 Å². The van der Waals surface area contributed by atoms with Crippen LogP contribution in [-0.4, -0.2) is 20.5 Å². The van der Waals surface area contributed by atoms with Crippen LogP contribution in [0.1, 0.15) is 52.4 Å². The van der Waals surface area contributed by atoms with E-state index in [9.17, 15) is 4.79 Å². The summed E-state index contributed by atoms with van der Waals surface area (Å²) in [6.07, 6.45) is 2.29. The summed E-state index contributed by atoms with van der Waals surface area (Å²) in [5, 5.41) is 4.59. The second-order valence-electron chi connectivity index (χ2n) is 6.35. The first-order valence-electron chi connectivity index (χ1n) is 7.01. The molecule has 0 bridgehead atoms. The van der Waals surface area contributed by atoms with Crippen LogP contribution >= 0.6 is 15.9 Å². The van der Waals surface area contributed by atoms with Crippen molar-refractivity contribution in [2.75, 3.05) is 0 Å². The number of hydrogen-bond acceptors (Lipinski definition) is 3. The lowest BCUT2D eigenvalue weighted by Gasteiger charge is -2.34. The minimum atomic E-state index is -0.142. The van der Waals surface area contributed by atoms with Gasteiger partial charge in [-0.2, -0.15) is 5.10 Å². The van der Waals surface area contributed by atoms with Gasteiger partial charge in [0.25, 0.3) is 0 Å². The van der Waals surface area contributed by atoms with Crippen LogP contribution in [0.3, 0.4) is 0 Å². The number of carbonyl (C=O) groups excluding carboxylic acids is 1.